The SMILES string of the molecule is OC1CCCC([C@@H](O)c2ccc(Br)cc2)CCC1. The van der Waals surface area contributed by atoms with Crippen LogP contribution >= 0.6 is 15.9 Å². The van der Waals surface area contributed by atoms with Crippen LogP contribution in [0.5, 0.6) is 0 Å². The highest BCUT2D eigenvalue weighted by Gasteiger charge is 2.23. The molecule has 0 bridgehead atoms. The average Bonchev–Trinajstić information content (AvgIpc) is 2.34. The highest BCUT2D eigenvalue weighted by atomic mass is 79.9. The lowest BCUT2D eigenvalue weighted by atomic mass is 9.84. The van der Waals surface area contributed by atoms with Gasteiger partial charge in [0.15, 0.2) is 0 Å². The third-order valence-corrected chi connectivity index (χ3v) is 4.41. The van der Waals surface area contributed by atoms with E-state index in [0.717, 1.165) is 48.6 Å². The molecule has 100 valence electrons. The van der Waals surface area contributed by atoms with Crippen LogP contribution in [0.25, 0.3) is 0 Å². The predicted octanol–water partition coefficient (Wildman–Crippen LogP) is 3.81. The highest BCUT2D eigenvalue weighted by molar-refractivity contribution is 9.10. The van der Waals surface area contributed by atoms with E-state index in [0.29, 0.717) is 5.92 Å². The standard InChI is InChI=1S/C15H21BrO2/c16-13-9-7-12(8-10-13)15(18)11-3-1-5-14(17)6-2-4-11/h7-11,14-15,17-18H,1-6H2/t11?,14?,15-/m1/s1. The minimum Gasteiger partial charge on any atom is -0.393 e. The van der Waals surface area contributed by atoms with Gasteiger partial charge in [-0.2, -0.15) is 0 Å². The van der Waals surface area contributed by atoms with E-state index in [1.54, 1.807) is 0 Å². The zero-order valence-electron chi connectivity index (χ0n) is 10.6. The van der Waals surface area contributed by atoms with Crippen molar-refractivity contribution in [3.63, 3.8) is 0 Å². The van der Waals surface area contributed by atoms with Crippen molar-refractivity contribution in [1.82, 2.24) is 0 Å². The van der Waals surface area contributed by atoms with Gasteiger partial charge >= 0.3 is 0 Å². The molecule has 2 nitrogen and oxygen atoms in total. The molecule has 0 radical (unpaired) electrons. The van der Waals surface area contributed by atoms with Gasteiger partial charge in [-0.15, -0.1) is 0 Å². The Labute approximate surface area is 117 Å². The van der Waals surface area contributed by atoms with Crippen LogP contribution in [-0.4, -0.2) is 16.3 Å². The van der Waals surface area contributed by atoms with Crippen LogP contribution in [0.1, 0.15) is 50.2 Å². The van der Waals surface area contributed by atoms with E-state index in [2.05, 4.69) is 15.9 Å². The fraction of sp³-hybridized carbons (Fsp3) is 0.600. The van der Waals surface area contributed by atoms with E-state index >= 15 is 0 Å². The van der Waals surface area contributed by atoms with Crippen molar-refractivity contribution in [3.05, 3.63) is 34.3 Å². The first kappa shape index (κ1) is 14.0. The van der Waals surface area contributed by atoms with Gasteiger partial charge < -0.3 is 10.2 Å². The molecule has 18 heavy (non-hydrogen) atoms. The van der Waals surface area contributed by atoms with Crippen molar-refractivity contribution in [3.8, 4) is 0 Å². The number of halogens is 1. The van der Waals surface area contributed by atoms with Crippen LogP contribution in [0.3, 0.4) is 0 Å². The number of rotatable bonds is 2. The van der Waals surface area contributed by atoms with Crippen molar-refractivity contribution in [2.45, 2.75) is 50.7 Å². The smallest absolute Gasteiger partial charge is 0.0818 e. The van der Waals surface area contributed by atoms with Crippen molar-refractivity contribution >= 4 is 15.9 Å². The monoisotopic (exact) mass is 312 g/mol. The van der Waals surface area contributed by atoms with Crippen molar-refractivity contribution in [2.24, 2.45) is 5.92 Å². The van der Waals surface area contributed by atoms with Gasteiger partial charge in [-0.3, -0.25) is 0 Å². The largest absolute Gasteiger partial charge is 0.393 e. The van der Waals surface area contributed by atoms with Gasteiger partial charge in [-0.1, -0.05) is 40.9 Å². The molecule has 0 unspecified atom stereocenters. The molecule has 0 aliphatic heterocycles. The first-order chi connectivity index (χ1) is 8.66. The van der Waals surface area contributed by atoms with E-state index in [4.69, 9.17) is 0 Å². The second-order valence-electron chi connectivity index (χ2n) is 5.27. The maximum Gasteiger partial charge on any atom is 0.0818 e. The molecule has 2 rings (SSSR count). The Kier molecular flexibility index (Phi) is 5.22. The molecule has 3 heteroatoms. The quantitative estimate of drug-likeness (QED) is 0.871. The summed E-state index contributed by atoms with van der Waals surface area (Å²) < 4.78 is 1.04. The van der Waals surface area contributed by atoms with E-state index in [-0.39, 0.29) is 12.2 Å². The van der Waals surface area contributed by atoms with Gasteiger partial charge in [0.2, 0.25) is 0 Å². The molecule has 1 aliphatic rings. The van der Waals surface area contributed by atoms with Crippen molar-refractivity contribution < 1.29 is 10.2 Å². The van der Waals surface area contributed by atoms with Crippen molar-refractivity contribution in [1.29, 1.82) is 0 Å². The zero-order chi connectivity index (χ0) is 13.0. The molecule has 1 saturated carbocycles. The molecule has 0 aromatic heterocycles. The number of aliphatic hydroxyl groups excluding tert-OH is 2. The zero-order valence-corrected chi connectivity index (χ0v) is 12.1. The molecule has 0 amide bonds. The second-order valence-corrected chi connectivity index (χ2v) is 6.19. The lowest BCUT2D eigenvalue weighted by Crippen LogP contribution is -2.18. The van der Waals surface area contributed by atoms with Gasteiger partial charge in [-0.25, -0.2) is 0 Å². The Morgan fingerprint density at radius 1 is 1.00 bits per heavy atom. The number of aliphatic hydroxyl groups is 2. The normalized spacial score (nSPS) is 27.3. The maximum absolute atomic E-state index is 10.4. The summed E-state index contributed by atoms with van der Waals surface area (Å²) >= 11 is 3.41. The summed E-state index contributed by atoms with van der Waals surface area (Å²) in [5.74, 6) is 0.332. The number of hydrogen-bond donors (Lipinski definition) is 2. The summed E-state index contributed by atoms with van der Waals surface area (Å²) in [5.41, 5.74) is 1.00. The molecule has 1 fully saturated rings. The van der Waals surface area contributed by atoms with Gasteiger partial charge in [0.1, 0.15) is 0 Å². The molecule has 0 heterocycles. The fourth-order valence-electron chi connectivity index (χ4n) is 2.77. The van der Waals surface area contributed by atoms with Gasteiger partial charge in [0, 0.05) is 4.47 Å². The number of benzene rings is 1. The summed E-state index contributed by atoms with van der Waals surface area (Å²) in [5, 5.41) is 20.1. The summed E-state index contributed by atoms with van der Waals surface area (Å²) in [6.07, 6.45) is 5.30. The Balaban J connectivity index is 1.99. The summed E-state index contributed by atoms with van der Waals surface area (Å²) in [4.78, 5) is 0. The van der Waals surface area contributed by atoms with Gasteiger partial charge in [0.05, 0.1) is 12.2 Å². The van der Waals surface area contributed by atoms with Crippen LogP contribution < -0.4 is 0 Å². The molecular weight excluding hydrogens is 292 g/mol. The van der Waals surface area contributed by atoms with Crippen molar-refractivity contribution in [2.75, 3.05) is 0 Å². The van der Waals surface area contributed by atoms with E-state index in [1.165, 1.54) is 0 Å². The van der Waals surface area contributed by atoms with Crippen LogP contribution in [0.2, 0.25) is 0 Å². The van der Waals surface area contributed by atoms with E-state index in [9.17, 15) is 10.2 Å². The second kappa shape index (κ2) is 6.69. The molecular formula is C15H21BrO2. The Morgan fingerprint density at radius 2 is 1.56 bits per heavy atom. The minimum absolute atomic E-state index is 0.129. The average molecular weight is 313 g/mol. The van der Waals surface area contributed by atoms with Crippen LogP contribution in [-0.2, 0) is 0 Å². The third-order valence-electron chi connectivity index (χ3n) is 3.88. The number of hydrogen-bond acceptors (Lipinski definition) is 2. The Hall–Kier alpha value is -0.380. The molecule has 1 aliphatic carbocycles. The lowest BCUT2D eigenvalue weighted by molar-refractivity contribution is 0.0724. The van der Waals surface area contributed by atoms with Crippen LogP contribution in [0, 0.1) is 5.92 Å². The van der Waals surface area contributed by atoms with Crippen LogP contribution in [0.15, 0.2) is 28.7 Å². The topological polar surface area (TPSA) is 40.5 Å². The third kappa shape index (κ3) is 3.81. The first-order valence-electron chi connectivity index (χ1n) is 6.78. The molecule has 0 spiro atoms. The van der Waals surface area contributed by atoms with Crippen LogP contribution in [0.4, 0.5) is 0 Å². The lowest BCUT2D eigenvalue weighted by Gasteiger charge is -2.26. The highest BCUT2D eigenvalue weighted by Crippen LogP contribution is 2.33. The maximum atomic E-state index is 10.4. The van der Waals surface area contributed by atoms with Gasteiger partial charge in [0.25, 0.3) is 0 Å². The summed E-state index contributed by atoms with van der Waals surface area (Å²) in [6, 6.07) is 7.93. The minimum atomic E-state index is -0.367. The molecule has 1 aromatic rings. The van der Waals surface area contributed by atoms with E-state index < -0.39 is 0 Å². The van der Waals surface area contributed by atoms with E-state index in [1.807, 2.05) is 24.3 Å². The molecule has 0 saturated heterocycles. The summed E-state index contributed by atoms with van der Waals surface area (Å²) in [6.45, 7) is 0. The molecule has 2 N–H and O–H groups in total. The summed E-state index contributed by atoms with van der Waals surface area (Å²) in [7, 11) is 0. The van der Waals surface area contributed by atoms with Gasteiger partial charge in [-0.05, 0) is 49.3 Å². The first-order valence-corrected chi connectivity index (χ1v) is 7.57. The molecule has 1 aromatic carbocycles. The fourth-order valence-corrected chi connectivity index (χ4v) is 3.03. The molecule has 1 atom stereocenters. The predicted molar refractivity (Wildman–Crippen MR) is 76.3 cm³/mol. The Bertz CT molecular complexity index is 353. The Morgan fingerprint density at radius 3 is 2.11 bits per heavy atom.